The number of ether oxygens (including phenoxy) is 4. The topological polar surface area (TPSA) is 138 Å². The number of carbonyl (C=O) groups excluding carboxylic acids is 3. The molecule has 0 saturated heterocycles. The van der Waals surface area contributed by atoms with Crippen LogP contribution in [0.1, 0.15) is 68.7 Å². The standard InChI is InChI=1S/C43H39N3O9/c1-6-44(41(48)52-24-29-14-12-26(3)13-15-29)36-22-38-34(20-27(36)4)43(33-11-9-8-10-32(33)40(47)55-43)35-21-28(5)37(23-39(35)54-38)45(7-2)42(49)53-25-30-16-18-31(19-17-30)46(50)51/h8-23H,6-7,24-25H2,1-5H3. The average Bonchev–Trinajstić information content (AvgIpc) is 3.48. The lowest BCUT2D eigenvalue weighted by molar-refractivity contribution is -0.384. The Labute approximate surface area is 318 Å². The largest absolute Gasteiger partial charge is 0.456 e. The van der Waals surface area contributed by atoms with Gasteiger partial charge in [0.15, 0.2) is 5.60 Å². The molecule has 5 aromatic rings. The molecule has 1 atom stereocenters. The van der Waals surface area contributed by atoms with Gasteiger partial charge in [-0.25, -0.2) is 14.4 Å². The predicted molar refractivity (Wildman–Crippen MR) is 205 cm³/mol. The minimum Gasteiger partial charge on any atom is -0.456 e. The number of benzene rings is 5. The Balaban J connectivity index is 1.26. The quantitative estimate of drug-likeness (QED) is 0.0626. The maximum Gasteiger partial charge on any atom is 0.414 e. The molecule has 1 spiro atoms. The van der Waals surface area contributed by atoms with Crippen molar-refractivity contribution in [3.8, 4) is 11.5 Å². The number of hydrogen-bond donors (Lipinski definition) is 0. The van der Waals surface area contributed by atoms with E-state index in [-0.39, 0.29) is 25.4 Å². The Hall–Kier alpha value is -6.69. The average molecular weight is 742 g/mol. The van der Waals surface area contributed by atoms with E-state index in [0.717, 1.165) is 16.7 Å². The van der Waals surface area contributed by atoms with Gasteiger partial charge in [-0.1, -0.05) is 48.0 Å². The van der Waals surface area contributed by atoms with Crippen molar-refractivity contribution in [1.29, 1.82) is 0 Å². The fourth-order valence-electron chi connectivity index (χ4n) is 7.18. The SMILES string of the molecule is CCN(C(=O)OCc1ccc(C)cc1)c1cc2c(cc1C)C1(OC(=O)c3ccccc31)c1cc(C)c(N(CC)C(=O)OCc3ccc([N+](=O)[O-])cc3)cc1O2. The van der Waals surface area contributed by atoms with Crippen LogP contribution in [0.25, 0.3) is 0 Å². The van der Waals surface area contributed by atoms with Crippen molar-refractivity contribution in [2.24, 2.45) is 0 Å². The zero-order valence-electron chi connectivity index (χ0n) is 31.1. The molecule has 0 aliphatic carbocycles. The molecule has 2 heterocycles. The van der Waals surface area contributed by atoms with Gasteiger partial charge in [0, 0.05) is 54.0 Å². The zero-order chi connectivity index (χ0) is 39.0. The minimum atomic E-state index is -1.39. The van der Waals surface area contributed by atoms with E-state index in [9.17, 15) is 24.5 Å². The van der Waals surface area contributed by atoms with Crippen LogP contribution in [0.15, 0.2) is 97.1 Å². The lowest BCUT2D eigenvalue weighted by Crippen LogP contribution is -2.36. The zero-order valence-corrected chi connectivity index (χ0v) is 31.1. The number of amides is 2. The molecule has 12 nitrogen and oxygen atoms in total. The number of nitrogens with zero attached hydrogens (tertiary/aromatic N) is 3. The van der Waals surface area contributed by atoms with E-state index in [1.165, 1.54) is 34.1 Å². The molecule has 0 fully saturated rings. The summed E-state index contributed by atoms with van der Waals surface area (Å²) >= 11 is 0. The summed E-state index contributed by atoms with van der Waals surface area (Å²) in [6.45, 7) is 9.95. The van der Waals surface area contributed by atoms with Gasteiger partial charge in [-0.15, -0.1) is 0 Å². The molecule has 7 rings (SSSR count). The molecule has 5 aromatic carbocycles. The molecule has 2 aliphatic heterocycles. The van der Waals surface area contributed by atoms with Crippen LogP contribution >= 0.6 is 0 Å². The van der Waals surface area contributed by atoms with Gasteiger partial charge in [-0.2, -0.15) is 0 Å². The molecule has 2 aliphatic rings. The Kier molecular flexibility index (Phi) is 9.74. The van der Waals surface area contributed by atoms with Gasteiger partial charge in [0.2, 0.25) is 0 Å². The fraction of sp³-hybridized carbons (Fsp3) is 0.233. The first-order valence-corrected chi connectivity index (χ1v) is 17.9. The summed E-state index contributed by atoms with van der Waals surface area (Å²) in [6.07, 6.45) is -1.16. The smallest absolute Gasteiger partial charge is 0.414 e. The molecule has 0 bridgehead atoms. The van der Waals surface area contributed by atoms with Crippen LogP contribution in [0.2, 0.25) is 0 Å². The van der Waals surface area contributed by atoms with Crippen molar-refractivity contribution >= 4 is 35.2 Å². The Bertz CT molecular complexity index is 2340. The molecule has 55 heavy (non-hydrogen) atoms. The number of hydrogen-bond acceptors (Lipinski definition) is 9. The Morgan fingerprint density at radius 3 is 1.69 bits per heavy atom. The second kappa shape index (κ2) is 14.6. The van der Waals surface area contributed by atoms with Crippen LogP contribution in [0.5, 0.6) is 11.5 Å². The van der Waals surface area contributed by atoms with Crippen LogP contribution in [0.3, 0.4) is 0 Å². The summed E-state index contributed by atoms with van der Waals surface area (Å²) in [4.78, 5) is 54.2. The van der Waals surface area contributed by atoms with Crippen LogP contribution in [-0.4, -0.2) is 36.2 Å². The van der Waals surface area contributed by atoms with Crippen molar-refractivity contribution in [3.05, 3.63) is 157 Å². The fourth-order valence-corrected chi connectivity index (χ4v) is 7.18. The maximum absolute atomic E-state index is 13.6. The third kappa shape index (κ3) is 6.60. The van der Waals surface area contributed by atoms with E-state index in [2.05, 4.69) is 0 Å². The van der Waals surface area contributed by atoms with Crippen LogP contribution in [0, 0.1) is 30.9 Å². The van der Waals surface area contributed by atoms with E-state index >= 15 is 0 Å². The molecular formula is C43H39N3O9. The summed E-state index contributed by atoms with van der Waals surface area (Å²) in [6, 6.07) is 28.0. The van der Waals surface area contributed by atoms with Crippen LogP contribution < -0.4 is 14.5 Å². The predicted octanol–water partition coefficient (Wildman–Crippen LogP) is 9.41. The van der Waals surface area contributed by atoms with Gasteiger partial charge in [-0.3, -0.25) is 19.9 Å². The lowest BCUT2D eigenvalue weighted by atomic mass is 9.76. The number of nitro groups is 1. The Morgan fingerprint density at radius 1 is 0.709 bits per heavy atom. The maximum atomic E-state index is 13.6. The van der Waals surface area contributed by atoms with Gasteiger partial charge in [0.05, 0.1) is 21.9 Å². The molecule has 0 N–H and O–H groups in total. The first-order chi connectivity index (χ1) is 26.4. The number of fused-ring (bicyclic) bond motifs is 6. The number of aryl methyl sites for hydroxylation is 3. The second-order valence-corrected chi connectivity index (χ2v) is 13.5. The third-order valence-electron chi connectivity index (χ3n) is 9.99. The second-order valence-electron chi connectivity index (χ2n) is 13.5. The van der Waals surface area contributed by atoms with Crippen molar-refractivity contribution in [2.75, 3.05) is 22.9 Å². The molecule has 0 aromatic heterocycles. The van der Waals surface area contributed by atoms with E-state index in [0.29, 0.717) is 62.8 Å². The van der Waals surface area contributed by atoms with Crippen molar-refractivity contribution in [1.82, 2.24) is 0 Å². The monoisotopic (exact) mass is 741 g/mol. The number of non-ortho nitro benzene ring substituents is 1. The van der Waals surface area contributed by atoms with Crippen LogP contribution in [0.4, 0.5) is 26.7 Å². The minimum absolute atomic E-state index is 0.0624. The van der Waals surface area contributed by atoms with Crippen molar-refractivity contribution in [2.45, 2.75) is 53.4 Å². The van der Waals surface area contributed by atoms with Crippen molar-refractivity contribution in [3.63, 3.8) is 0 Å². The molecular weight excluding hydrogens is 702 g/mol. The number of rotatable bonds is 9. The van der Waals surface area contributed by atoms with Gasteiger partial charge < -0.3 is 18.9 Å². The summed E-state index contributed by atoms with van der Waals surface area (Å²) < 4.78 is 24.4. The van der Waals surface area contributed by atoms with Gasteiger partial charge in [-0.05, 0) is 87.2 Å². The van der Waals surface area contributed by atoms with Gasteiger partial charge in [0.1, 0.15) is 24.7 Å². The Morgan fingerprint density at radius 2 is 1.20 bits per heavy atom. The van der Waals surface area contributed by atoms with Crippen LogP contribution in [-0.2, 0) is 33.0 Å². The van der Waals surface area contributed by atoms with E-state index < -0.39 is 28.7 Å². The molecule has 280 valence electrons. The highest BCUT2D eigenvalue weighted by Gasteiger charge is 2.54. The normalized spacial score (nSPS) is 14.9. The summed E-state index contributed by atoms with van der Waals surface area (Å²) in [5.41, 5.74) is 5.84. The molecule has 0 radical (unpaired) electrons. The highest BCUT2D eigenvalue weighted by molar-refractivity contribution is 5.98. The van der Waals surface area contributed by atoms with E-state index in [4.69, 9.17) is 18.9 Å². The summed E-state index contributed by atoms with van der Waals surface area (Å²) in [7, 11) is 0. The van der Waals surface area contributed by atoms with Gasteiger partial charge >= 0.3 is 18.2 Å². The number of esters is 1. The number of anilines is 2. The molecule has 1 unspecified atom stereocenters. The van der Waals surface area contributed by atoms with Crippen molar-refractivity contribution < 1.29 is 38.3 Å². The van der Waals surface area contributed by atoms with E-state index in [1.807, 2.05) is 83.1 Å². The lowest BCUT2D eigenvalue weighted by Gasteiger charge is -2.38. The highest BCUT2D eigenvalue weighted by atomic mass is 16.6. The number of carbonyl (C=O) groups is 3. The highest BCUT2D eigenvalue weighted by Crippen LogP contribution is 2.58. The first-order valence-electron chi connectivity index (χ1n) is 17.9. The number of nitro benzene ring substituents is 1. The third-order valence-corrected chi connectivity index (χ3v) is 9.99. The molecule has 12 heteroatoms. The first kappa shape index (κ1) is 36.7. The molecule has 0 saturated carbocycles. The molecule has 2 amide bonds. The summed E-state index contributed by atoms with van der Waals surface area (Å²) in [5.74, 6) is 0.220. The summed E-state index contributed by atoms with van der Waals surface area (Å²) in [5, 5.41) is 11.1. The van der Waals surface area contributed by atoms with E-state index in [1.54, 1.807) is 24.3 Å². The van der Waals surface area contributed by atoms with Gasteiger partial charge in [0.25, 0.3) is 5.69 Å².